The summed E-state index contributed by atoms with van der Waals surface area (Å²) in [6.07, 6.45) is 0. The molecule has 0 unspecified atom stereocenters. The second-order valence-electron chi connectivity index (χ2n) is 7.33. The number of carbonyl (C=O) groups excluding carboxylic acids is 2. The average molecular weight is 488 g/mol. The predicted octanol–water partition coefficient (Wildman–Crippen LogP) is 5.86. The first-order valence-electron chi connectivity index (χ1n) is 10.1. The summed E-state index contributed by atoms with van der Waals surface area (Å²) in [6.45, 7) is 0.804. The molecule has 0 saturated heterocycles. The van der Waals surface area contributed by atoms with Crippen molar-refractivity contribution in [3.05, 3.63) is 100 Å². The predicted molar refractivity (Wildman–Crippen MR) is 127 cm³/mol. The van der Waals surface area contributed by atoms with Crippen molar-refractivity contribution in [2.45, 2.75) is 0 Å². The molecule has 0 fully saturated rings. The van der Waals surface area contributed by atoms with E-state index in [1.807, 2.05) is 42.5 Å². The molecule has 0 aromatic heterocycles. The van der Waals surface area contributed by atoms with Crippen molar-refractivity contribution in [3.8, 4) is 11.5 Å². The molecule has 32 heavy (non-hydrogen) atoms. The Kier molecular flexibility index (Phi) is 5.37. The molecule has 4 aromatic rings. The minimum Gasteiger partial charge on any atom is -0.486 e. The van der Waals surface area contributed by atoms with Gasteiger partial charge in [-0.25, -0.2) is 0 Å². The van der Waals surface area contributed by atoms with Crippen LogP contribution in [0.4, 0.5) is 5.69 Å². The quantitative estimate of drug-likeness (QED) is 0.366. The highest BCUT2D eigenvalue weighted by atomic mass is 79.9. The number of amides is 1. The zero-order chi connectivity index (χ0) is 22.1. The van der Waals surface area contributed by atoms with Crippen LogP contribution in [0.15, 0.2) is 83.3 Å². The van der Waals surface area contributed by atoms with Crippen molar-refractivity contribution >= 4 is 44.1 Å². The molecule has 158 valence electrons. The van der Waals surface area contributed by atoms with Gasteiger partial charge in [0.1, 0.15) is 13.2 Å². The molecule has 0 aliphatic carbocycles. The normalized spacial score (nSPS) is 12.4. The summed E-state index contributed by atoms with van der Waals surface area (Å²) in [6, 6.07) is 23.7. The number of rotatable bonds is 4. The zero-order valence-corrected chi connectivity index (χ0v) is 18.5. The largest absolute Gasteiger partial charge is 0.486 e. The van der Waals surface area contributed by atoms with Gasteiger partial charge in [0.15, 0.2) is 17.3 Å². The van der Waals surface area contributed by atoms with Crippen LogP contribution in [0.25, 0.3) is 10.8 Å². The van der Waals surface area contributed by atoms with Crippen LogP contribution in [0.1, 0.15) is 26.3 Å². The van der Waals surface area contributed by atoms with E-state index in [1.54, 1.807) is 36.4 Å². The van der Waals surface area contributed by atoms with E-state index in [1.165, 1.54) is 0 Å². The summed E-state index contributed by atoms with van der Waals surface area (Å²) in [5.74, 6) is 0.435. The van der Waals surface area contributed by atoms with Gasteiger partial charge in [0.2, 0.25) is 0 Å². The summed E-state index contributed by atoms with van der Waals surface area (Å²) in [5, 5.41) is 4.73. The number of halogens is 1. The first-order valence-corrected chi connectivity index (χ1v) is 10.9. The first kappa shape index (κ1) is 20.3. The Bertz CT molecular complexity index is 1360. The van der Waals surface area contributed by atoms with Crippen molar-refractivity contribution in [2.24, 2.45) is 0 Å². The van der Waals surface area contributed by atoms with E-state index in [9.17, 15) is 9.59 Å². The first-order chi connectivity index (χ1) is 15.6. The van der Waals surface area contributed by atoms with E-state index in [0.29, 0.717) is 51.6 Å². The van der Waals surface area contributed by atoms with E-state index < -0.39 is 0 Å². The minimum absolute atomic E-state index is 0.234. The van der Waals surface area contributed by atoms with Crippen molar-refractivity contribution in [3.63, 3.8) is 0 Å². The molecule has 5 rings (SSSR count). The van der Waals surface area contributed by atoms with E-state index in [2.05, 4.69) is 21.2 Å². The van der Waals surface area contributed by atoms with Gasteiger partial charge in [-0.05, 0) is 35.0 Å². The third kappa shape index (κ3) is 3.74. The van der Waals surface area contributed by atoms with Crippen LogP contribution in [0, 0.1) is 0 Å². The summed E-state index contributed by atoms with van der Waals surface area (Å²) in [5.41, 5.74) is 1.71. The number of carbonyl (C=O) groups is 2. The number of ketones is 1. The van der Waals surface area contributed by atoms with E-state index in [-0.39, 0.29) is 11.7 Å². The maximum Gasteiger partial charge on any atom is 0.256 e. The number of hydrogen-bond acceptors (Lipinski definition) is 4. The zero-order valence-electron chi connectivity index (χ0n) is 16.9. The number of fused-ring (bicyclic) bond motifs is 2. The van der Waals surface area contributed by atoms with Crippen molar-refractivity contribution in [2.75, 3.05) is 18.5 Å². The third-order valence-corrected chi connectivity index (χ3v) is 6.02. The number of ether oxygens (including phenoxy) is 2. The Morgan fingerprint density at radius 3 is 2.22 bits per heavy atom. The number of hydrogen-bond donors (Lipinski definition) is 1. The van der Waals surface area contributed by atoms with Gasteiger partial charge in [0, 0.05) is 21.7 Å². The van der Waals surface area contributed by atoms with Gasteiger partial charge in [-0.15, -0.1) is 0 Å². The van der Waals surface area contributed by atoms with Gasteiger partial charge >= 0.3 is 0 Å². The highest BCUT2D eigenvalue weighted by Crippen LogP contribution is 2.37. The standard InChI is InChI=1S/C26H18BrNO4/c27-21-11-4-3-9-19(21)25(29)20-14-23-24(32-13-12-31-23)15-22(20)28-26(30)18-10-5-7-16-6-1-2-8-17(16)18/h1-11,14-15H,12-13H2,(H,28,30). The molecule has 1 N–H and O–H groups in total. The topological polar surface area (TPSA) is 64.6 Å². The molecule has 1 aliphatic heterocycles. The second kappa shape index (κ2) is 8.48. The number of benzene rings is 4. The Morgan fingerprint density at radius 1 is 0.750 bits per heavy atom. The van der Waals surface area contributed by atoms with Crippen LogP contribution < -0.4 is 14.8 Å². The lowest BCUT2D eigenvalue weighted by Gasteiger charge is -2.21. The summed E-state index contributed by atoms with van der Waals surface area (Å²) in [7, 11) is 0. The van der Waals surface area contributed by atoms with Gasteiger partial charge in [-0.3, -0.25) is 9.59 Å². The fraction of sp³-hybridized carbons (Fsp3) is 0.0769. The van der Waals surface area contributed by atoms with Gasteiger partial charge in [-0.1, -0.05) is 64.5 Å². The van der Waals surface area contributed by atoms with Crippen LogP contribution >= 0.6 is 15.9 Å². The lowest BCUT2D eigenvalue weighted by molar-refractivity contribution is 0.102. The minimum atomic E-state index is -0.306. The van der Waals surface area contributed by atoms with Crippen LogP contribution in [0.2, 0.25) is 0 Å². The molecule has 0 saturated carbocycles. The molecule has 5 nitrogen and oxygen atoms in total. The van der Waals surface area contributed by atoms with Crippen LogP contribution in [0.3, 0.4) is 0 Å². The highest BCUT2D eigenvalue weighted by Gasteiger charge is 2.23. The Balaban J connectivity index is 1.59. The maximum absolute atomic E-state index is 13.4. The van der Waals surface area contributed by atoms with E-state index in [0.717, 1.165) is 10.8 Å². The second-order valence-corrected chi connectivity index (χ2v) is 8.19. The lowest BCUT2D eigenvalue weighted by atomic mass is 9.99. The number of nitrogens with one attached hydrogen (secondary N) is 1. The highest BCUT2D eigenvalue weighted by molar-refractivity contribution is 9.10. The summed E-state index contributed by atoms with van der Waals surface area (Å²) >= 11 is 3.44. The fourth-order valence-corrected chi connectivity index (χ4v) is 4.25. The van der Waals surface area contributed by atoms with Crippen molar-refractivity contribution in [1.82, 2.24) is 0 Å². The molecule has 0 atom stereocenters. The van der Waals surface area contributed by atoms with Crippen LogP contribution in [0.5, 0.6) is 11.5 Å². The summed E-state index contributed by atoms with van der Waals surface area (Å²) < 4.78 is 12.0. The molecule has 6 heteroatoms. The Hall–Kier alpha value is -3.64. The fourth-order valence-electron chi connectivity index (χ4n) is 3.78. The Morgan fingerprint density at radius 2 is 1.41 bits per heavy atom. The van der Waals surface area contributed by atoms with E-state index in [4.69, 9.17) is 9.47 Å². The molecule has 1 heterocycles. The van der Waals surface area contributed by atoms with Gasteiger partial charge in [0.25, 0.3) is 5.91 Å². The molecule has 0 bridgehead atoms. The Labute approximate surface area is 193 Å². The molecular formula is C26H18BrNO4. The molecule has 1 amide bonds. The SMILES string of the molecule is O=C(c1ccccc1Br)c1cc2c(cc1NC(=O)c1cccc3ccccc13)OCCO2. The summed E-state index contributed by atoms with van der Waals surface area (Å²) in [4.78, 5) is 26.7. The van der Waals surface area contributed by atoms with Gasteiger partial charge in [-0.2, -0.15) is 0 Å². The number of anilines is 1. The molecule has 0 spiro atoms. The molecule has 0 radical (unpaired) electrons. The van der Waals surface area contributed by atoms with Crippen LogP contribution in [-0.4, -0.2) is 24.9 Å². The lowest BCUT2D eigenvalue weighted by Crippen LogP contribution is -2.19. The van der Waals surface area contributed by atoms with Gasteiger partial charge in [0.05, 0.1) is 11.3 Å². The van der Waals surface area contributed by atoms with E-state index >= 15 is 0 Å². The van der Waals surface area contributed by atoms with Crippen LogP contribution in [-0.2, 0) is 0 Å². The van der Waals surface area contributed by atoms with Gasteiger partial charge < -0.3 is 14.8 Å². The average Bonchev–Trinajstić information content (AvgIpc) is 2.83. The van der Waals surface area contributed by atoms with Crippen molar-refractivity contribution < 1.29 is 19.1 Å². The molecule has 4 aromatic carbocycles. The maximum atomic E-state index is 13.4. The van der Waals surface area contributed by atoms with Crippen molar-refractivity contribution in [1.29, 1.82) is 0 Å². The monoisotopic (exact) mass is 487 g/mol. The smallest absolute Gasteiger partial charge is 0.256 e. The molecular weight excluding hydrogens is 470 g/mol. The third-order valence-electron chi connectivity index (χ3n) is 5.33. The molecule has 1 aliphatic rings.